The molecule has 1 atom stereocenters. The highest BCUT2D eigenvalue weighted by Gasteiger charge is 2.46. The zero-order chi connectivity index (χ0) is 25.2. The molecular formula is C25H23N4O7+. The van der Waals surface area contributed by atoms with Crippen molar-refractivity contribution in [1.29, 1.82) is 0 Å². The van der Waals surface area contributed by atoms with Crippen LogP contribution in [0.5, 0.6) is 11.5 Å². The summed E-state index contributed by atoms with van der Waals surface area (Å²) in [4.78, 5) is 41.3. The van der Waals surface area contributed by atoms with Crippen LogP contribution in [0, 0.1) is 10.1 Å². The van der Waals surface area contributed by atoms with Crippen molar-refractivity contribution in [3.63, 3.8) is 0 Å². The van der Waals surface area contributed by atoms with E-state index in [1.54, 1.807) is 30.7 Å². The molecule has 2 aliphatic heterocycles. The van der Waals surface area contributed by atoms with Gasteiger partial charge in [0.25, 0.3) is 17.4 Å². The normalized spacial score (nSPS) is 18.4. The molecule has 5 rings (SSSR count). The smallest absolute Gasteiger partial charge is 0.295 e. The van der Waals surface area contributed by atoms with Gasteiger partial charge < -0.3 is 19.5 Å². The number of likely N-dealkylation sites (tertiary alicyclic amines) is 1. The van der Waals surface area contributed by atoms with Crippen LogP contribution in [0.2, 0.25) is 0 Å². The quantitative estimate of drug-likeness (QED) is 0.129. The number of rotatable bonds is 7. The third-order valence-electron chi connectivity index (χ3n) is 6.19. The summed E-state index contributed by atoms with van der Waals surface area (Å²) in [5, 5.41) is 22.4. The van der Waals surface area contributed by atoms with Crippen molar-refractivity contribution in [1.82, 2.24) is 9.88 Å². The van der Waals surface area contributed by atoms with Crippen molar-refractivity contribution < 1.29 is 33.7 Å². The zero-order valence-corrected chi connectivity index (χ0v) is 19.1. The van der Waals surface area contributed by atoms with Crippen molar-refractivity contribution >= 4 is 23.1 Å². The zero-order valence-electron chi connectivity index (χ0n) is 19.1. The van der Waals surface area contributed by atoms with Crippen LogP contribution in [-0.4, -0.2) is 51.4 Å². The number of hydrogen-bond acceptors (Lipinski definition) is 7. The molecule has 0 bridgehead atoms. The van der Waals surface area contributed by atoms with Crippen LogP contribution in [0.15, 0.2) is 66.8 Å². The number of nitro benzene ring substituents is 1. The topological polar surface area (TPSA) is 139 Å². The molecule has 1 aromatic heterocycles. The summed E-state index contributed by atoms with van der Waals surface area (Å²) < 4.78 is 13.0. The molecule has 1 fully saturated rings. The summed E-state index contributed by atoms with van der Waals surface area (Å²) in [7, 11) is 0. The molecule has 2 N–H and O–H groups in total. The van der Waals surface area contributed by atoms with Gasteiger partial charge in [-0.05, 0) is 35.9 Å². The van der Waals surface area contributed by atoms with Crippen LogP contribution in [0.3, 0.4) is 0 Å². The van der Waals surface area contributed by atoms with Gasteiger partial charge in [-0.3, -0.25) is 24.7 Å². The summed E-state index contributed by atoms with van der Waals surface area (Å²) in [6, 6.07) is 9.51. The summed E-state index contributed by atoms with van der Waals surface area (Å²) in [6.07, 6.45) is 5.95. The maximum Gasteiger partial charge on any atom is 0.295 e. The van der Waals surface area contributed by atoms with Crippen LogP contribution in [-0.2, 0) is 16.1 Å². The Morgan fingerprint density at radius 1 is 1.14 bits per heavy atom. The molecule has 3 heterocycles. The second kappa shape index (κ2) is 9.53. The SMILES string of the molecule is O=C1C(=O)N(CCC[n+]2cc[nH]c2)C(c2ccc([N+](=O)[O-])cc2)C1=C(O)c1ccc2c(c1)OCCO2. The van der Waals surface area contributed by atoms with Crippen LogP contribution in [0.25, 0.3) is 5.76 Å². The summed E-state index contributed by atoms with van der Waals surface area (Å²) >= 11 is 0. The maximum atomic E-state index is 13.2. The molecule has 0 saturated carbocycles. The van der Waals surface area contributed by atoms with Gasteiger partial charge in [-0.2, -0.15) is 0 Å². The Kier molecular flexibility index (Phi) is 6.11. The standard InChI is InChI=1S/C25H22N4O7/c30-23(17-4-7-19-20(14-17)36-13-12-35-19)21-22(16-2-5-18(6-3-16)29(33)34)28(25(32)24(21)31)10-1-9-27-11-8-26-15-27/h2-8,11,14-15,22H,1,9-10,12-13H2,(H,30,31)/p+1. The van der Waals surface area contributed by atoms with Gasteiger partial charge in [0.15, 0.2) is 11.5 Å². The molecule has 36 heavy (non-hydrogen) atoms. The number of ether oxygens (including phenoxy) is 2. The molecule has 0 spiro atoms. The van der Waals surface area contributed by atoms with E-state index in [0.717, 1.165) is 0 Å². The Balaban J connectivity index is 1.54. The Labute approximate surface area is 205 Å². The number of H-pyrrole nitrogens is 1. The fraction of sp³-hybridized carbons (Fsp3) is 0.240. The third kappa shape index (κ3) is 4.26. The highest BCUT2D eigenvalue weighted by Crippen LogP contribution is 2.41. The number of amides is 1. The van der Waals surface area contributed by atoms with Crippen LogP contribution < -0.4 is 14.0 Å². The lowest BCUT2D eigenvalue weighted by Crippen LogP contribution is -2.36. The molecule has 0 radical (unpaired) electrons. The number of benzene rings is 2. The molecule has 11 heteroatoms. The monoisotopic (exact) mass is 491 g/mol. The van der Waals surface area contributed by atoms with Gasteiger partial charge in [0.05, 0.1) is 23.1 Å². The van der Waals surface area contributed by atoms with Crippen molar-refractivity contribution in [2.75, 3.05) is 19.8 Å². The van der Waals surface area contributed by atoms with Crippen molar-refractivity contribution in [2.45, 2.75) is 19.0 Å². The number of aliphatic hydroxyl groups is 1. The number of ketones is 1. The van der Waals surface area contributed by atoms with Crippen molar-refractivity contribution in [3.05, 3.63) is 88.0 Å². The molecule has 2 aromatic carbocycles. The summed E-state index contributed by atoms with van der Waals surface area (Å²) in [5.41, 5.74) is 0.575. The van der Waals surface area contributed by atoms with Gasteiger partial charge in [0.2, 0.25) is 6.33 Å². The van der Waals surface area contributed by atoms with Crippen molar-refractivity contribution in [2.24, 2.45) is 0 Å². The largest absolute Gasteiger partial charge is 0.507 e. The number of aryl methyl sites for hydroxylation is 1. The Hall–Kier alpha value is -4.67. The number of aromatic nitrogens is 2. The number of carbonyl (C=O) groups excluding carboxylic acids is 2. The van der Waals surface area contributed by atoms with Crippen molar-refractivity contribution in [3.8, 4) is 11.5 Å². The number of nitrogens with one attached hydrogen (secondary N) is 1. The number of fused-ring (bicyclic) bond motifs is 1. The van der Waals surface area contributed by atoms with E-state index >= 15 is 0 Å². The number of carbonyl (C=O) groups is 2. The number of imidazole rings is 1. The van der Waals surface area contributed by atoms with E-state index in [0.29, 0.717) is 48.8 Å². The first-order chi connectivity index (χ1) is 17.4. The lowest BCUT2D eigenvalue weighted by molar-refractivity contribution is -0.695. The average Bonchev–Trinajstić information content (AvgIpc) is 3.50. The number of hydrogen-bond donors (Lipinski definition) is 2. The summed E-state index contributed by atoms with van der Waals surface area (Å²) in [6.45, 7) is 1.60. The number of aromatic amines is 1. The van der Waals surface area contributed by atoms with E-state index in [-0.39, 0.29) is 23.6 Å². The van der Waals surface area contributed by atoms with E-state index < -0.39 is 22.7 Å². The minimum atomic E-state index is -0.907. The van der Waals surface area contributed by atoms with E-state index in [1.807, 2.05) is 10.8 Å². The lowest BCUT2D eigenvalue weighted by atomic mass is 9.95. The lowest BCUT2D eigenvalue weighted by Gasteiger charge is -2.25. The Morgan fingerprint density at radius 3 is 2.58 bits per heavy atom. The van der Waals surface area contributed by atoms with Crippen LogP contribution in [0.4, 0.5) is 5.69 Å². The van der Waals surface area contributed by atoms with Gasteiger partial charge in [-0.25, -0.2) is 4.57 Å². The minimum Gasteiger partial charge on any atom is -0.507 e. The maximum absolute atomic E-state index is 13.2. The highest BCUT2D eigenvalue weighted by atomic mass is 16.6. The molecule has 1 unspecified atom stereocenters. The van der Waals surface area contributed by atoms with E-state index in [1.165, 1.54) is 29.2 Å². The fourth-order valence-electron chi connectivity index (χ4n) is 4.46. The van der Waals surface area contributed by atoms with E-state index in [9.17, 15) is 24.8 Å². The molecule has 184 valence electrons. The number of non-ortho nitro benzene ring substituents is 1. The molecular weight excluding hydrogens is 468 g/mol. The van der Waals surface area contributed by atoms with Gasteiger partial charge in [0, 0.05) is 30.7 Å². The molecule has 1 saturated heterocycles. The average molecular weight is 491 g/mol. The molecule has 11 nitrogen and oxygen atoms in total. The number of nitro groups is 1. The predicted molar refractivity (Wildman–Crippen MR) is 125 cm³/mol. The number of nitrogens with zero attached hydrogens (tertiary/aromatic N) is 3. The predicted octanol–water partition coefficient (Wildman–Crippen LogP) is 2.49. The third-order valence-corrected chi connectivity index (χ3v) is 6.19. The fourth-order valence-corrected chi connectivity index (χ4v) is 4.46. The molecule has 1 amide bonds. The minimum absolute atomic E-state index is 0.0835. The number of Topliss-reactive ketones (excluding diaryl/α,β-unsaturated/α-hetero) is 1. The molecule has 0 aliphatic carbocycles. The number of aliphatic hydroxyl groups excluding tert-OH is 1. The second-order valence-corrected chi connectivity index (χ2v) is 8.40. The van der Waals surface area contributed by atoms with E-state index in [2.05, 4.69) is 4.98 Å². The first-order valence-corrected chi connectivity index (χ1v) is 11.4. The molecule has 3 aromatic rings. The van der Waals surface area contributed by atoms with Crippen LogP contribution in [0.1, 0.15) is 23.6 Å². The van der Waals surface area contributed by atoms with Gasteiger partial charge in [0.1, 0.15) is 31.4 Å². The van der Waals surface area contributed by atoms with E-state index in [4.69, 9.17) is 9.47 Å². The second-order valence-electron chi connectivity index (χ2n) is 8.40. The highest BCUT2D eigenvalue weighted by molar-refractivity contribution is 6.46. The Morgan fingerprint density at radius 2 is 1.89 bits per heavy atom. The van der Waals surface area contributed by atoms with Gasteiger partial charge in [-0.15, -0.1) is 0 Å². The Bertz CT molecular complexity index is 1350. The first-order valence-electron chi connectivity index (χ1n) is 11.4. The first kappa shape index (κ1) is 23.1. The summed E-state index contributed by atoms with van der Waals surface area (Å²) in [5.74, 6) is -0.963. The van der Waals surface area contributed by atoms with Crippen LogP contribution >= 0.6 is 0 Å². The van der Waals surface area contributed by atoms with Gasteiger partial charge in [-0.1, -0.05) is 0 Å². The van der Waals surface area contributed by atoms with Gasteiger partial charge >= 0.3 is 0 Å². The molecule has 2 aliphatic rings.